The third-order valence-corrected chi connectivity index (χ3v) is 8.31. The zero-order valence-corrected chi connectivity index (χ0v) is 23.9. The summed E-state index contributed by atoms with van der Waals surface area (Å²) < 4.78 is 29.7. The van der Waals surface area contributed by atoms with E-state index in [4.69, 9.17) is 21.3 Å². The summed E-state index contributed by atoms with van der Waals surface area (Å²) in [5, 5.41) is 8.25. The number of methoxy groups -OCH3 is 1. The lowest BCUT2D eigenvalue weighted by Crippen LogP contribution is -2.49. The van der Waals surface area contributed by atoms with Crippen molar-refractivity contribution in [2.45, 2.75) is 24.9 Å². The first-order chi connectivity index (χ1) is 18.8. The van der Waals surface area contributed by atoms with Crippen molar-refractivity contribution in [1.29, 1.82) is 0 Å². The minimum atomic E-state index is -2.77. The van der Waals surface area contributed by atoms with Crippen LogP contribution in [-0.2, 0) is 33.3 Å². The van der Waals surface area contributed by atoms with E-state index in [-0.39, 0.29) is 6.42 Å². The van der Waals surface area contributed by atoms with Crippen molar-refractivity contribution in [2.75, 3.05) is 11.8 Å². The molecule has 0 spiro atoms. The Balaban J connectivity index is 1.60. The van der Waals surface area contributed by atoms with Crippen LogP contribution in [0.5, 0.6) is 0 Å². The molecule has 0 radical (unpaired) electrons. The zero-order chi connectivity index (χ0) is 27.8. The number of thiol groups is 1. The second kappa shape index (κ2) is 13.6. The number of benzene rings is 2. The summed E-state index contributed by atoms with van der Waals surface area (Å²) in [4.78, 5) is 31.3. The number of thiazole rings is 1. The molecule has 2 heterocycles. The van der Waals surface area contributed by atoms with E-state index in [0.29, 0.717) is 21.5 Å². The number of thiophene rings is 1. The number of hydrogen-bond acceptors (Lipinski definition) is 8. The van der Waals surface area contributed by atoms with Gasteiger partial charge in [-0.25, -0.2) is 18.2 Å². The first-order valence-corrected chi connectivity index (χ1v) is 15.0. The van der Waals surface area contributed by atoms with Gasteiger partial charge >= 0.3 is 6.09 Å². The van der Waals surface area contributed by atoms with Gasteiger partial charge in [0.15, 0.2) is 0 Å². The van der Waals surface area contributed by atoms with Gasteiger partial charge in [-0.3, -0.25) is 9.52 Å². The van der Waals surface area contributed by atoms with E-state index < -0.39 is 35.0 Å². The van der Waals surface area contributed by atoms with Gasteiger partial charge in [-0.05, 0) is 41.8 Å². The van der Waals surface area contributed by atoms with Crippen LogP contribution in [0.1, 0.15) is 22.2 Å². The van der Waals surface area contributed by atoms with E-state index in [0.717, 1.165) is 21.7 Å². The number of carbonyl (C=O) groups excluding carboxylic acids is 2. The Morgan fingerprint density at radius 1 is 0.974 bits per heavy atom. The highest BCUT2D eigenvalue weighted by Crippen LogP contribution is 2.33. The summed E-state index contributed by atoms with van der Waals surface area (Å²) >= 11 is 8.92. The van der Waals surface area contributed by atoms with Gasteiger partial charge < -0.3 is 15.4 Å². The SMILES string of the molecule is COC(=O)N[C@@H](Cc1ccccc1)C(=O)N[C@@H](Cc1ccc(N[SH](=O)=O)cc1)c1nc(-c2ccc(Cl)s2)cs1. The summed E-state index contributed by atoms with van der Waals surface area (Å²) in [6.45, 7) is 0. The molecule has 0 unspecified atom stereocenters. The smallest absolute Gasteiger partial charge is 0.407 e. The lowest BCUT2D eigenvalue weighted by atomic mass is 10.0. The van der Waals surface area contributed by atoms with Crippen LogP contribution in [0.4, 0.5) is 10.5 Å². The largest absolute Gasteiger partial charge is 0.453 e. The molecule has 4 rings (SSSR count). The highest BCUT2D eigenvalue weighted by molar-refractivity contribution is 7.73. The van der Waals surface area contributed by atoms with Gasteiger partial charge in [-0.2, -0.15) is 0 Å². The minimum Gasteiger partial charge on any atom is -0.453 e. The third kappa shape index (κ3) is 8.27. The molecule has 2 aromatic heterocycles. The van der Waals surface area contributed by atoms with Crippen LogP contribution in [0.3, 0.4) is 0 Å². The third-order valence-electron chi connectivity index (χ3n) is 5.65. The average molecular weight is 605 g/mol. The van der Waals surface area contributed by atoms with Crippen LogP contribution in [0.25, 0.3) is 10.6 Å². The van der Waals surface area contributed by atoms with Crippen molar-refractivity contribution in [2.24, 2.45) is 0 Å². The van der Waals surface area contributed by atoms with Crippen molar-refractivity contribution in [3.8, 4) is 10.6 Å². The van der Waals surface area contributed by atoms with Crippen LogP contribution < -0.4 is 15.4 Å². The number of halogens is 1. The lowest BCUT2D eigenvalue weighted by molar-refractivity contribution is -0.123. The van der Waals surface area contributed by atoms with Gasteiger partial charge in [-0.1, -0.05) is 54.1 Å². The van der Waals surface area contributed by atoms with Crippen molar-refractivity contribution in [1.82, 2.24) is 15.6 Å². The van der Waals surface area contributed by atoms with E-state index >= 15 is 0 Å². The molecule has 0 saturated heterocycles. The van der Waals surface area contributed by atoms with Crippen LogP contribution in [0.15, 0.2) is 72.1 Å². The number of alkyl carbamates (subject to hydrolysis) is 1. The average Bonchev–Trinajstić information content (AvgIpc) is 3.58. The fourth-order valence-electron chi connectivity index (χ4n) is 3.80. The Morgan fingerprint density at radius 2 is 1.69 bits per heavy atom. The van der Waals surface area contributed by atoms with Crippen LogP contribution >= 0.6 is 34.3 Å². The van der Waals surface area contributed by atoms with E-state index in [1.165, 1.54) is 29.8 Å². The monoisotopic (exact) mass is 604 g/mol. The number of rotatable bonds is 11. The van der Waals surface area contributed by atoms with Crippen molar-refractivity contribution in [3.05, 3.63) is 92.6 Å². The van der Waals surface area contributed by atoms with Crippen molar-refractivity contribution >= 4 is 62.9 Å². The molecule has 0 aliphatic heterocycles. The normalized spacial score (nSPS) is 12.5. The van der Waals surface area contributed by atoms with Gasteiger partial charge in [0.05, 0.1) is 28.1 Å². The van der Waals surface area contributed by atoms with E-state index in [1.54, 1.807) is 30.3 Å². The molecule has 39 heavy (non-hydrogen) atoms. The van der Waals surface area contributed by atoms with Gasteiger partial charge in [-0.15, -0.1) is 22.7 Å². The number of nitrogens with one attached hydrogen (secondary N) is 3. The molecule has 9 nitrogen and oxygen atoms in total. The Bertz CT molecular complexity index is 1480. The van der Waals surface area contributed by atoms with E-state index in [9.17, 15) is 18.0 Å². The summed E-state index contributed by atoms with van der Waals surface area (Å²) in [5.41, 5.74) is 2.91. The Morgan fingerprint density at radius 3 is 2.33 bits per heavy atom. The van der Waals surface area contributed by atoms with E-state index in [1.807, 2.05) is 41.8 Å². The predicted molar refractivity (Wildman–Crippen MR) is 155 cm³/mol. The first-order valence-electron chi connectivity index (χ1n) is 11.7. The molecule has 0 saturated carbocycles. The number of aromatic nitrogens is 1. The maximum absolute atomic E-state index is 13.5. The number of anilines is 1. The summed E-state index contributed by atoms with van der Waals surface area (Å²) in [7, 11) is -1.53. The van der Waals surface area contributed by atoms with Crippen LogP contribution in [-0.4, -0.2) is 38.6 Å². The lowest BCUT2D eigenvalue weighted by Gasteiger charge is -2.22. The quantitative estimate of drug-likeness (QED) is 0.182. The van der Waals surface area contributed by atoms with Gasteiger partial charge in [0, 0.05) is 17.5 Å². The molecular weight excluding hydrogens is 580 g/mol. The number of ether oxygens (including phenoxy) is 1. The highest BCUT2D eigenvalue weighted by atomic mass is 35.5. The van der Waals surface area contributed by atoms with Gasteiger partial charge in [0.2, 0.25) is 16.8 Å². The fraction of sp³-hybridized carbons (Fsp3) is 0.192. The molecule has 2 atom stereocenters. The van der Waals surface area contributed by atoms with Crippen LogP contribution in [0, 0.1) is 0 Å². The molecule has 204 valence electrons. The Kier molecular flexibility index (Phi) is 9.93. The topological polar surface area (TPSA) is 126 Å². The maximum atomic E-state index is 13.5. The molecule has 0 bridgehead atoms. The number of carbonyl (C=O) groups is 2. The highest BCUT2D eigenvalue weighted by Gasteiger charge is 2.27. The van der Waals surface area contributed by atoms with Crippen molar-refractivity contribution < 1.29 is 22.7 Å². The number of amides is 2. The zero-order valence-electron chi connectivity index (χ0n) is 20.6. The molecule has 3 N–H and O–H groups in total. The fourth-order valence-corrected chi connectivity index (χ4v) is 6.11. The predicted octanol–water partition coefficient (Wildman–Crippen LogP) is 4.83. The molecule has 2 aromatic carbocycles. The molecule has 13 heteroatoms. The minimum absolute atomic E-state index is 0.263. The molecule has 0 fully saturated rings. The number of hydrogen-bond donors (Lipinski definition) is 4. The van der Waals surface area contributed by atoms with Gasteiger partial charge in [0.25, 0.3) is 0 Å². The number of nitrogens with zero attached hydrogens (tertiary/aromatic N) is 1. The van der Waals surface area contributed by atoms with E-state index in [2.05, 4.69) is 15.4 Å². The summed E-state index contributed by atoms with van der Waals surface area (Å²) in [6, 6.07) is 18.5. The van der Waals surface area contributed by atoms with Gasteiger partial charge in [0.1, 0.15) is 11.0 Å². The van der Waals surface area contributed by atoms with Crippen LogP contribution in [0.2, 0.25) is 4.34 Å². The molecular formula is C26H25ClN4O5S3. The Labute approximate surface area is 240 Å². The first kappa shape index (κ1) is 28.6. The van der Waals surface area contributed by atoms with Crippen molar-refractivity contribution in [3.63, 3.8) is 0 Å². The summed E-state index contributed by atoms with van der Waals surface area (Å²) in [6.07, 6.45) is -0.0724. The second-order valence-corrected chi connectivity index (χ2v) is 11.7. The Hall–Kier alpha value is -3.45. The standard InChI is InChI=1S/C26H25ClN4O5S3/c1-36-26(33)30-19(13-16-5-3-2-4-6-16)24(32)28-20(14-17-7-9-18(10-8-17)31-39(34)35)25-29-21(15-37-25)22-11-12-23(27)38-22/h2-12,15,19-20,39H,13-14H2,1H3,(H,28,32)(H,30,33)(H,31,34,35)/t19-,20-/m0/s1. The molecule has 4 aromatic rings. The maximum Gasteiger partial charge on any atom is 0.407 e. The molecule has 2 amide bonds. The molecule has 0 aliphatic rings. The second-order valence-electron chi connectivity index (χ2n) is 8.38. The molecule has 0 aliphatic carbocycles. The summed E-state index contributed by atoms with van der Waals surface area (Å²) in [5.74, 6) is -0.396.